The summed E-state index contributed by atoms with van der Waals surface area (Å²) in [4.78, 5) is 14.5. The summed E-state index contributed by atoms with van der Waals surface area (Å²) >= 11 is 1.71. The quantitative estimate of drug-likeness (QED) is 0.839. The van der Waals surface area contributed by atoms with Crippen LogP contribution in [0.4, 0.5) is 4.39 Å². The normalized spacial score (nSPS) is 18.7. The number of aryl methyl sites for hydroxylation is 2. The fourth-order valence-corrected chi connectivity index (χ4v) is 4.16. The molecule has 1 aromatic heterocycles. The van der Waals surface area contributed by atoms with Gasteiger partial charge in [-0.15, -0.1) is 0 Å². The Labute approximate surface area is 139 Å². The second-order valence-electron chi connectivity index (χ2n) is 5.66. The Balaban J connectivity index is 1.74. The number of amides is 1. The SMILES string of the molecule is Cc1noc(C)c1C(=O)N1CCSC(c2ccccc2F)CC1. The van der Waals surface area contributed by atoms with Crippen molar-refractivity contribution in [1.82, 2.24) is 10.1 Å². The van der Waals surface area contributed by atoms with Crippen LogP contribution in [0.5, 0.6) is 0 Å². The first-order valence-electron chi connectivity index (χ1n) is 7.66. The van der Waals surface area contributed by atoms with Gasteiger partial charge in [-0.05, 0) is 26.3 Å². The maximum Gasteiger partial charge on any atom is 0.259 e. The highest BCUT2D eigenvalue weighted by atomic mass is 32.2. The molecule has 1 amide bonds. The standard InChI is InChI=1S/C17H19FN2O2S/c1-11-16(12(2)22-19-11)17(21)20-8-7-15(23-10-9-20)13-5-3-4-6-14(13)18/h3-6,15H,7-10H2,1-2H3. The van der Waals surface area contributed by atoms with Gasteiger partial charge >= 0.3 is 0 Å². The number of aromatic nitrogens is 1. The van der Waals surface area contributed by atoms with Crippen LogP contribution in [0, 0.1) is 19.7 Å². The van der Waals surface area contributed by atoms with E-state index in [2.05, 4.69) is 5.16 Å². The summed E-state index contributed by atoms with van der Waals surface area (Å²) in [5.74, 6) is 1.12. The lowest BCUT2D eigenvalue weighted by molar-refractivity contribution is 0.0764. The molecule has 0 spiro atoms. The van der Waals surface area contributed by atoms with Gasteiger partial charge in [-0.25, -0.2) is 4.39 Å². The lowest BCUT2D eigenvalue weighted by Gasteiger charge is -2.20. The number of benzene rings is 1. The molecule has 3 rings (SSSR count). The van der Waals surface area contributed by atoms with Crippen LogP contribution in [-0.4, -0.2) is 34.8 Å². The number of rotatable bonds is 2. The Bertz CT molecular complexity index is 697. The second kappa shape index (κ2) is 6.74. The van der Waals surface area contributed by atoms with Crippen LogP contribution in [0.3, 0.4) is 0 Å². The first-order chi connectivity index (χ1) is 11.1. The third-order valence-corrected chi connectivity index (χ3v) is 5.44. The fraction of sp³-hybridized carbons (Fsp3) is 0.412. The van der Waals surface area contributed by atoms with Crippen LogP contribution in [0.15, 0.2) is 28.8 Å². The Kier molecular flexibility index (Phi) is 4.71. The first-order valence-corrected chi connectivity index (χ1v) is 8.71. The molecule has 1 saturated heterocycles. The molecule has 23 heavy (non-hydrogen) atoms. The number of thioether (sulfide) groups is 1. The van der Waals surface area contributed by atoms with Gasteiger partial charge < -0.3 is 9.42 Å². The molecule has 1 aliphatic heterocycles. The van der Waals surface area contributed by atoms with Gasteiger partial charge in [0.25, 0.3) is 5.91 Å². The summed E-state index contributed by atoms with van der Waals surface area (Å²) in [5.41, 5.74) is 1.90. The number of carbonyl (C=O) groups excluding carboxylic acids is 1. The van der Waals surface area contributed by atoms with E-state index in [4.69, 9.17) is 4.52 Å². The average Bonchev–Trinajstić information content (AvgIpc) is 2.75. The van der Waals surface area contributed by atoms with Crippen LogP contribution >= 0.6 is 11.8 Å². The van der Waals surface area contributed by atoms with Gasteiger partial charge in [0.1, 0.15) is 17.1 Å². The minimum Gasteiger partial charge on any atom is -0.361 e. The molecule has 2 aromatic rings. The zero-order valence-electron chi connectivity index (χ0n) is 13.2. The molecule has 0 aliphatic carbocycles. The predicted molar refractivity (Wildman–Crippen MR) is 88.1 cm³/mol. The van der Waals surface area contributed by atoms with E-state index >= 15 is 0 Å². The largest absolute Gasteiger partial charge is 0.361 e. The van der Waals surface area contributed by atoms with Crippen molar-refractivity contribution in [3.05, 3.63) is 52.7 Å². The lowest BCUT2D eigenvalue weighted by Crippen LogP contribution is -2.33. The molecule has 0 radical (unpaired) electrons. The van der Waals surface area contributed by atoms with E-state index in [1.165, 1.54) is 6.07 Å². The number of hydrogen-bond acceptors (Lipinski definition) is 4. The van der Waals surface area contributed by atoms with Gasteiger partial charge in [0.2, 0.25) is 0 Å². The molecular weight excluding hydrogens is 315 g/mol. The van der Waals surface area contributed by atoms with Crippen molar-refractivity contribution < 1.29 is 13.7 Å². The smallest absolute Gasteiger partial charge is 0.259 e. The fourth-order valence-electron chi connectivity index (χ4n) is 2.90. The topological polar surface area (TPSA) is 46.3 Å². The number of hydrogen-bond donors (Lipinski definition) is 0. The first kappa shape index (κ1) is 16.1. The summed E-state index contributed by atoms with van der Waals surface area (Å²) < 4.78 is 19.1. The van der Waals surface area contributed by atoms with Crippen LogP contribution < -0.4 is 0 Å². The minimum absolute atomic E-state index is 0.0453. The van der Waals surface area contributed by atoms with Crippen LogP contribution in [0.1, 0.15) is 39.0 Å². The molecule has 0 bridgehead atoms. The zero-order chi connectivity index (χ0) is 16.4. The van der Waals surface area contributed by atoms with Crippen molar-refractivity contribution in [2.24, 2.45) is 0 Å². The molecule has 1 aliphatic rings. The van der Waals surface area contributed by atoms with Crippen LogP contribution in [-0.2, 0) is 0 Å². The molecule has 1 aromatic carbocycles. The van der Waals surface area contributed by atoms with E-state index < -0.39 is 0 Å². The van der Waals surface area contributed by atoms with Gasteiger partial charge in [-0.2, -0.15) is 11.8 Å². The predicted octanol–water partition coefficient (Wildman–Crippen LogP) is 3.75. The summed E-state index contributed by atoms with van der Waals surface area (Å²) in [6, 6.07) is 6.89. The molecule has 1 unspecified atom stereocenters. The molecule has 4 nitrogen and oxygen atoms in total. The monoisotopic (exact) mass is 334 g/mol. The summed E-state index contributed by atoms with van der Waals surface area (Å²) in [6.07, 6.45) is 0.737. The van der Waals surface area contributed by atoms with Crippen LogP contribution in [0.25, 0.3) is 0 Å². The number of carbonyl (C=O) groups is 1. The summed E-state index contributed by atoms with van der Waals surface area (Å²) in [7, 11) is 0. The van der Waals surface area contributed by atoms with Crippen molar-refractivity contribution in [1.29, 1.82) is 0 Å². The molecule has 1 atom stereocenters. The second-order valence-corrected chi connectivity index (χ2v) is 6.97. The average molecular weight is 334 g/mol. The van der Waals surface area contributed by atoms with Gasteiger partial charge in [0.15, 0.2) is 0 Å². The molecule has 6 heteroatoms. The van der Waals surface area contributed by atoms with E-state index in [1.54, 1.807) is 31.7 Å². The van der Waals surface area contributed by atoms with Crippen molar-refractivity contribution >= 4 is 17.7 Å². The van der Waals surface area contributed by atoms with Crippen LogP contribution in [0.2, 0.25) is 0 Å². The highest BCUT2D eigenvalue weighted by Gasteiger charge is 2.27. The Morgan fingerprint density at radius 2 is 2.13 bits per heavy atom. The highest BCUT2D eigenvalue weighted by molar-refractivity contribution is 7.99. The molecule has 0 N–H and O–H groups in total. The van der Waals surface area contributed by atoms with Crippen molar-refractivity contribution in [3.8, 4) is 0 Å². The zero-order valence-corrected chi connectivity index (χ0v) is 14.0. The number of nitrogens with zero attached hydrogens (tertiary/aromatic N) is 2. The maximum atomic E-state index is 14.0. The number of halogens is 1. The minimum atomic E-state index is -0.171. The summed E-state index contributed by atoms with van der Waals surface area (Å²) in [5, 5.41) is 3.93. The third kappa shape index (κ3) is 3.27. The molecule has 1 fully saturated rings. The van der Waals surface area contributed by atoms with E-state index in [9.17, 15) is 9.18 Å². The van der Waals surface area contributed by atoms with Crippen molar-refractivity contribution in [2.75, 3.05) is 18.8 Å². The van der Waals surface area contributed by atoms with E-state index in [-0.39, 0.29) is 17.0 Å². The third-order valence-electron chi connectivity index (χ3n) is 4.13. The Hall–Kier alpha value is -1.82. The Morgan fingerprint density at radius 1 is 1.35 bits per heavy atom. The molecular formula is C17H19FN2O2S. The van der Waals surface area contributed by atoms with E-state index in [0.717, 1.165) is 17.7 Å². The molecule has 122 valence electrons. The van der Waals surface area contributed by atoms with Gasteiger partial charge in [0, 0.05) is 29.7 Å². The maximum absolute atomic E-state index is 14.0. The van der Waals surface area contributed by atoms with Crippen molar-refractivity contribution in [2.45, 2.75) is 25.5 Å². The van der Waals surface area contributed by atoms with Gasteiger partial charge in [-0.1, -0.05) is 23.4 Å². The van der Waals surface area contributed by atoms with E-state index in [0.29, 0.717) is 30.1 Å². The molecule has 2 heterocycles. The Morgan fingerprint density at radius 3 is 2.83 bits per heavy atom. The molecule has 0 saturated carbocycles. The summed E-state index contributed by atoms with van der Waals surface area (Å²) in [6.45, 7) is 4.79. The van der Waals surface area contributed by atoms with Gasteiger partial charge in [-0.3, -0.25) is 4.79 Å². The van der Waals surface area contributed by atoms with Crippen molar-refractivity contribution in [3.63, 3.8) is 0 Å². The lowest BCUT2D eigenvalue weighted by atomic mass is 10.1. The highest BCUT2D eigenvalue weighted by Crippen LogP contribution is 2.36. The van der Waals surface area contributed by atoms with Gasteiger partial charge in [0.05, 0.1) is 5.69 Å². The van der Waals surface area contributed by atoms with E-state index in [1.807, 2.05) is 17.0 Å².